The van der Waals surface area contributed by atoms with Crippen molar-refractivity contribution in [3.05, 3.63) is 51.1 Å². The first-order valence-corrected chi connectivity index (χ1v) is 10.9. The molecule has 0 bridgehead atoms. The zero-order chi connectivity index (χ0) is 22.2. The van der Waals surface area contributed by atoms with Gasteiger partial charge in [0.25, 0.3) is 5.56 Å². The first-order chi connectivity index (χ1) is 14.8. The van der Waals surface area contributed by atoms with E-state index >= 15 is 0 Å². The van der Waals surface area contributed by atoms with Crippen molar-refractivity contribution in [3.8, 4) is 5.69 Å². The van der Waals surface area contributed by atoms with E-state index < -0.39 is 5.97 Å². The lowest BCUT2D eigenvalue weighted by atomic mass is 9.94. The summed E-state index contributed by atoms with van der Waals surface area (Å²) in [7, 11) is 0. The van der Waals surface area contributed by atoms with Gasteiger partial charge in [-0.3, -0.25) is 4.79 Å². The molecule has 0 fully saturated rings. The molecule has 3 heterocycles. The van der Waals surface area contributed by atoms with Crippen LogP contribution in [-0.2, 0) is 27.3 Å². The number of para-hydroxylation sites is 1. The summed E-state index contributed by atoms with van der Waals surface area (Å²) in [4.78, 5) is 31.9. The van der Waals surface area contributed by atoms with Gasteiger partial charge in [-0.2, -0.15) is 5.10 Å². The number of hydrogen-bond acceptors (Lipinski definition) is 8. The van der Waals surface area contributed by atoms with Crippen molar-refractivity contribution < 1.29 is 14.3 Å². The molecule has 1 aliphatic rings. The van der Waals surface area contributed by atoms with Crippen molar-refractivity contribution in [1.82, 2.24) is 9.55 Å². The average Bonchev–Trinajstić information content (AvgIpc) is 3.09. The van der Waals surface area contributed by atoms with Crippen LogP contribution in [0, 0.1) is 0 Å². The minimum atomic E-state index is -0.532. The topological polar surface area (TPSA) is 94.8 Å². The molecule has 0 amide bonds. The van der Waals surface area contributed by atoms with Gasteiger partial charge >= 0.3 is 5.97 Å². The summed E-state index contributed by atoms with van der Waals surface area (Å²) in [6.07, 6.45) is 0.640. The smallest absolute Gasteiger partial charge is 0.354 e. The summed E-state index contributed by atoms with van der Waals surface area (Å²) in [5.41, 5.74) is 4.05. The first-order valence-electron chi connectivity index (χ1n) is 10.0. The number of hydrogen-bond donors (Lipinski definition) is 1. The zero-order valence-electron chi connectivity index (χ0n) is 17.9. The van der Waals surface area contributed by atoms with Crippen molar-refractivity contribution in [2.75, 3.05) is 12.0 Å². The van der Waals surface area contributed by atoms with Gasteiger partial charge in [-0.25, -0.2) is 19.8 Å². The highest BCUT2D eigenvalue weighted by atomic mass is 32.1. The van der Waals surface area contributed by atoms with Crippen LogP contribution >= 0.6 is 11.3 Å². The van der Waals surface area contributed by atoms with Crippen LogP contribution in [-0.4, -0.2) is 33.4 Å². The molecule has 1 N–H and O–H groups in total. The number of carbonyl (C=O) groups excluding carboxylic acids is 1. The van der Waals surface area contributed by atoms with E-state index in [1.807, 2.05) is 44.2 Å². The van der Waals surface area contributed by atoms with E-state index in [9.17, 15) is 9.59 Å². The van der Waals surface area contributed by atoms with E-state index in [-0.39, 0.29) is 29.4 Å². The molecule has 2 aromatic heterocycles. The summed E-state index contributed by atoms with van der Waals surface area (Å²) in [5.74, 6) is -0.304. The number of carbonyl (C=O) groups is 1. The zero-order valence-corrected chi connectivity index (χ0v) is 18.7. The SMILES string of the molecule is CCOC(=O)C(C)=NNc1nc2sc3c(c2c(=O)n1-c1ccccc1)CC(C)(C)OC3. The Hall–Kier alpha value is -3.04. The second kappa shape index (κ2) is 8.24. The molecule has 1 aliphatic heterocycles. The van der Waals surface area contributed by atoms with E-state index in [1.54, 1.807) is 6.92 Å². The minimum absolute atomic E-state index is 0.136. The maximum Gasteiger partial charge on any atom is 0.354 e. The summed E-state index contributed by atoms with van der Waals surface area (Å²) in [6, 6.07) is 9.23. The van der Waals surface area contributed by atoms with E-state index in [4.69, 9.17) is 14.5 Å². The van der Waals surface area contributed by atoms with Gasteiger partial charge in [-0.15, -0.1) is 11.3 Å². The fraction of sp³-hybridized carbons (Fsp3) is 0.364. The normalized spacial score (nSPS) is 15.5. The highest BCUT2D eigenvalue weighted by Gasteiger charge is 2.31. The number of nitrogens with zero attached hydrogens (tertiary/aromatic N) is 3. The number of ether oxygens (including phenoxy) is 2. The largest absolute Gasteiger partial charge is 0.461 e. The van der Waals surface area contributed by atoms with E-state index in [1.165, 1.54) is 22.8 Å². The van der Waals surface area contributed by atoms with Crippen molar-refractivity contribution in [3.63, 3.8) is 0 Å². The predicted octanol–water partition coefficient (Wildman–Crippen LogP) is 3.65. The van der Waals surface area contributed by atoms with Gasteiger partial charge in [0, 0.05) is 11.3 Å². The Morgan fingerprint density at radius 3 is 2.81 bits per heavy atom. The van der Waals surface area contributed by atoms with E-state index in [0.29, 0.717) is 28.9 Å². The van der Waals surface area contributed by atoms with E-state index in [0.717, 1.165) is 10.4 Å². The molecule has 0 spiro atoms. The van der Waals surface area contributed by atoms with Crippen LogP contribution in [0.4, 0.5) is 5.95 Å². The van der Waals surface area contributed by atoms with Gasteiger partial charge in [0.05, 0.1) is 29.9 Å². The molecule has 0 aliphatic carbocycles. The Bertz CT molecular complexity index is 1230. The Kier molecular flexibility index (Phi) is 5.63. The average molecular weight is 441 g/mol. The molecule has 0 saturated carbocycles. The molecule has 0 saturated heterocycles. The van der Waals surface area contributed by atoms with Gasteiger partial charge in [0.15, 0.2) is 0 Å². The number of esters is 1. The van der Waals surface area contributed by atoms with Gasteiger partial charge in [0.2, 0.25) is 5.95 Å². The van der Waals surface area contributed by atoms with Crippen molar-refractivity contribution in [2.24, 2.45) is 5.10 Å². The number of anilines is 1. The molecular formula is C22H24N4O4S. The summed E-state index contributed by atoms with van der Waals surface area (Å²) >= 11 is 1.45. The van der Waals surface area contributed by atoms with Crippen molar-refractivity contribution in [1.29, 1.82) is 0 Å². The van der Waals surface area contributed by atoms with Gasteiger partial charge in [-0.1, -0.05) is 18.2 Å². The predicted molar refractivity (Wildman–Crippen MR) is 121 cm³/mol. The van der Waals surface area contributed by atoms with Crippen molar-refractivity contribution >= 4 is 39.2 Å². The van der Waals surface area contributed by atoms with E-state index in [2.05, 4.69) is 10.5 Å². The number of fused-ring (bicyclic) bond motifs is 3. The van der Waals surface area contributed by atoms with Crippen LogP contribution in [0.2, 0.25) is 0 Å². The number of hydrazone groups is 1. The number of aromatic nitrogens is 2. The lowest BCUT2D eigenvalue weighted by molar-refractivity contribution is -0.135. The molecule has 1 aromatic carbocycles. The monoisotopic (exact) mass is 440 g/mol. The Labute approximate surface area is 183 Å². The second-order valence-corrected chi connectivity index (χ2v) is 8.93. The Morgan fingerprint density at radius 2 is 2.10 bits per heavy atom. The van der Waals surface area contributed by atoms with Gasteiger partial charge in [-0.05, 0) is 45.4 Å². The van der Waals surface area contributed by atoms with Gasteiger partial charge < -0.3 is 9.47 Å². The highest BCUT2D eigenvalue weighted by molar-refractivity contribution is 7.18. The van der Waals surface area contributed by atoms with Crippen LogP contribution in [0.15, 0.2) is 40.2 Å². The molecule has 0 atom stereocenters. The number of thiophene rings is 1. The third-order valence-electron chi connectivity index (χ3n) is 5.01. The van der Waals surface area contributed by atoms with Gasteiger partial charge in [0.1, 0.15) is 10.5 Å². The first kappa shape index (κ1) is 21.2. The lowest BCUT2D eigenvalue weighted by Gasteiger charge is -2.29. The maximum absolute atomic E-state index is 13.7. The van der Waals surface area contributed by atoms with Crippen LogP contribution in [0.25, 0.3) is 15.9 Å². The fourth-order valence-electron chi connectivity index (χ4n) is 3.50. The number of nitrogens with one attached hydrogen (secondary N) is 1. The Morgan fingerprint density at radius 1 is 1.35 bits per heavy atom. The molecule has 9 heteroatoms. The molecule has 4 rings (SSSR count). The third kappa shape index (κ3) is 4.11. The summed E-state index contributed by atoms with van der Waals surface area (Å²) in [6.45, 7) is 8.01. The van der Waals surface area contributed by atoms with Crippen LogP contribution in [0.5, 0.6) is 0 Å². The number of benzene rings is 1. The quantitative estimate of drug-likeness (QED) is 0.370. The molecule has 0 radical (unpaired) electrons. The van der Waals surface area contributed by atoms with Crippen LogP contribution < -0.4 is 11.0 Å². The minimum Gasteiger partial charge on any atom is -0.461 e. The Balaban J connectivity index is 1.89. The molecule has 8 nitrogen and oxygen atoms in total. The fourth-order valence-corrected chi connectivity index (χ4v) is 4.59. The number of rotatable bonds is 5. The highest BCUT2D eigenvalue weighted by Crippen LogP contribution is 2.37. The molecule has 3 aromatic rings. The summed E-state index contributed by atoms with van der Waals surface area (Å²) < 4.78 is 12.4. The van der Waals surface area contributed by atoms with Crippen molar-refractivity contribution in [2.45, 2.75) is 46.3 Å². The maximum atomic E-state index is 13.7. The standard InChI is InChI=1S/C22H24N4O4S/c1-5-29-20(28)13(2)24-25-21-23-18-17(15-11-22(3,4)30-12-16(15)31-18)19(27)26(21)14-9-7-6-8-10-14/h6-10H,5,11-12H2,1-4H3,(H,23,25). The second-order valence-electron chi connectivity index (χ2n) is 7.85. The molecule has 162 valence electrons. The molecule has 31 heavy (non-hydrogen) atoms. The molecule has 0 unspecified atom stereocenters. The van der Waals surface area contributed by atoms with Crippen LogP contribution in [0.3, 0.4) is 0 Å². The van der Waals surface area contributed by atoms with Crippen LogP contribution in [0.1, 0.15) is 38.1 Å². The lowest BCUT2D eigenvalue weighted by Crippen LogP contribution is -2.32. The molecular weight excluding hydrogens is 416 g/mol. The third-order valence-corrected chi connectivity index (χ3v) is 6.11. The summed E-state index contributed by atoms with van der Waals surface area (Å²) in [5, 5.41) is 4.71.